The number of hydrogen-bond donors (Lipinski definition) is 1. The fourth-order valence-electron chi connectivity index (χ4n) is 1.35. The topological polar surface area (TPSA) is 47.1 Å². The average Bonchev–Trinajstić information content (AvgIpc) is 2.54. The van der Waals surface area contributed by atoms with E-state index >= 15 is 0 Å². The highest BCUT2D eigenvalue weighted by Gasteiger charge is 2.05. The van der Waals surface area contributed by atoms with Gasteiger partial charge < -0.3 is 15.2 Å². The second-order valence-corrected chi connectivity index (χ2v) is 3.13. The molecule has 1 aromatic heterocycles. The van der Waals surface area contributed by atoms with Crippen molar-refractivity contribution in [2.75, 3.05) is 25.0 Å². The van der Waals surface area contributed by atoms with Crippen LogP contribution in [0.15, 0.2) is 12.4 Å². The zero-order chi connectivity index (χ0) is 9.68. The Morgan fingerprint density at radius 3 is 3.00 bits per heavy atom. The van der Waals surface area contributed by atoms with Crippen LogP contribution in [0.3, 0.4) is 0 Å². The summed E-state index contributed by atoms with van der Waals surface area (Å²) < 4.78 is 2.15. The van der Waals surface area contributed by atoms with E-state index in [0.717, 1.165) is 25.5 Å². The van der Waals surface area contributed by atoms with Gasteiger partial charge >= 0.3 is 0 Å². The van der Waals surface area contributed by atoms with E-state index < -0.39 is 0 Å². The number of nitrogens with zero attached hydrogens (tertiary/aromatic N) is 3. The lowest BCUT2D eigenvalue weighted by Gasteiger charge is -2.18. The molecule has 0 saturated heterocycles. The molecule has 0 aliphatic carbocycles. The van der Waals surface area contributed by atoms with Gasteiger partial charge in [-0.15, -0.1) is 0 Å². The highest BCUT2D eigenvalue weighted by Crippen LogP contribution is 2.09. The molecule has 74 valence electrons. The smallest absolute Gasteiger partial charge is 0.205 e. The van der Waals surface area contributed by atoms with E-state index in [1.54, 1.807) is 0 Å². The SMILES string of the molecule is CCCn1ccnc1N(C)CCN. The van der Waals surface area contributed by atoms with Gasteiger partial charge in [-0.05, 0) is 6.42 Å². The molecule has 4 heteroatoms. The number of aromatic nitrogens is 2. The van der Waals surface area contributed by atoms with E-state index in [9.17, 15) is 0 Å². The second kappa shape index (κ2) is 4.87. The van der Waals surface area contributed by atoms with Gasteiger partial charge in [-0.2, -0.15) is 0 Å². The molecule has 4 nitrogen and oxygen atoms in total. The van der Waals surface area contributed by atoms with Crippen LogP contribution in [0.4, 0.5) is 5.95 Å². The van der Waals surface area contributed by atoms with E-state index in [0.29, 0.717) is 6.54 Å². The second-order valence-electron chi connectivity index (χ2n) is 3.13. The van der Waals surface area contributed by atoms with Crippen molar-refractivity contribution in [2.45, 2.75) is 19.9 Å². The van der Waals surface area contributed by atoms with Gasteiger partial charge in [0.2, 0.25) is 5.95 Å². The van der Waals surface area contributed by atoms with Crippen LogP contribution in [0.2, 0.25) is 0 Å². The number of likely N-dealkylation sites (N-methyl/N-ethyl adjacent to an activating group) is 1. The monoisotopic (exact) mass is 182 g/mol. The Labute approximate surface area is 79.4 Å². The van der Waals surface area contributed by atoms with Gasteiger partial charge in [0.1, 0.15) is 0 Å². The molecule has 1 aromatic rings. The fraction of sp³-hybridized carbons (Fsp3) is 0.667. The van der Waals surface area contributed by atoms with Crippen molar-refractivity contribution >= 4 is 5.95 Å². The summed E-state index contributed by atoms with van der Waals surface area (Å²) >= 11 is 0. The van der Waals surface area contributed by atoms with Crippen LogP contribution in [-0.2, 0) is 6.54 Å². The number of anilines is 1. The van der Waals surface area contributed by atoms with E-state index in [1.807, 2.05) is 19.4 Å². The van der Waals surface area contributed by atoms with Gasteiger partial charge in [0.05, 0.1) is 0 Å². The van der Waals surface area contributed by atoms with E-state index in [2.05, 4.69) is 21.4 Å². The number of imidazole rings is 1. The highest BCUT2D eigenvalue weighted by atomic mass is 15.3. The summed E-state index contributed by atoms with van der Waals surface area (Å²) in [6.07, 6.45) is 4.96. The zero-order valence-electron chi connectivity index (χ0n) is 8.40. The summed E-state index contributed by atoms with van der Waals surface area (Å²) in [7, 11) is 2.02. The first kappa shape index (κ1) is 10.1. The number of rotatable bonds is 5. The van der Waals surface area contributed by atoms with E-state index in [4.69, 9.17) is 5.73 Å². The first-order valence-electron chi connectivity index (χ1n) is 4.72. The maximum Gasteiger partial charge on any atom is 0.205 e. The summed E-state index contributed by atoms with van der Waals surface area (Å²) in [5, 5.41) is 0. The molecule has 0 unspecified atom stereocenters. The normalized spacial score (nSPS) is 10.4. The lowest BCUT2D eigenvalue weighted by Crippen LogP contribution is -2.27. The molecule has 0 bridgehead atoms. The van der Waals surface area contributed by atoms with Gasteiger partial charge in [-0.3, -0.25) is 0 Å². The fourth-order valence-corrected chi connectivity index (χ4v) is 1.35. The summed E-state index contributed by atoms with van der Waals surface area (Å²) in [5.41, 5.74) is 5.48. The minimum Gasteiger partial charge on any atom is -0.344 e. The van der Waals surface area contributed by atoms with Crippen molar-refractivity contribution in [1.29, 1.82) is 0 Å². The number of hydrogen-bond acceptors (Lipinski definition) is 3. The third-order valence-electron chi connectivity index (χ3n) is 1.96. The molecule has 0 aliphatic heterocycles. The van der Waals surface area contributed by atoms with Gasteiger partial charge in [0, 0.05) is 39.1 Å². The number of aryl methyl sites for hydroxylation is 1. The third-order valence-corrected chi connectivity index (χ3v) is 1.96. The average molecular weight is 182 g/mol. The molecule has 0 radical (unpaired) electrons. The van der Waals surface area contributed by atoms with Crippen LogP contribution in [0.5, 0.6) is 0 Å². The third kappa shape index (κ3) is 2.45. The molecule has 1 rings (SSSR count). The Bertz CT molecular complexity index is 244. The van der Waals surface area contributed by atoms with Crippen molar-refractivity contribution in [3.05, 3.63) is 12.4 Å². The van der Waals surface area contributed by atoms with Crippen LogP contribution in [-0.4, -0.2) is 29.7 Å². The molecule has 0 fully saturated rings. The van der Waals surface area contributed by atoms with Gasteiger partial charge in [0.25, 0.3) is 0 Å². The molecule has 0 atom stereocenters. The maximum atomic E-state index is 5.48. The minimum atomic E-state index is 0.662. The van der Waals surface area contributed by atoms with Crippen molar-refractivity contribution in [3.63, 3.8) is 0 Å². The minimum absolute atomic E-state index is 0.662. The standard InChI is InChI=1S/C9H18N4/c1-3-6-13-8-5-11-9(13)12(2)7-4-10/h5,8H,3-4,6-7,10H2,1-2H3. The van der Waals surface area contributed by atoms with Crippen molar-refractivity contribution in [2.24, 2.45) is 5.73 Å². The molecule has 1 heterocycles. The van der Waals surface area contributed by atoms with Gasteiger partial charge in [0.15, 0.2) is 0 Å². The summed E-state index contributed by atoms with van der Waals surface area (Å²) in [6.45, 7) is 4.69. The molecule has 0 saturated carbocycles. The molecular weight excluding hydrogens is 164 g/mol. The lowest BCUT2D eigenvalue weighted by molar-refractivity contribution is 0.663. The largest absolute Gasteiger partial charge is 0.344 e. The summed E-state index contributed by atoms with van der Waals surface area (Å²) in [4.78, 5) is 6.37. The van der Waals surface area contributed by atoms with Crippen molar-refractivity contribution in [3.8, 4) is 0 Å². The Hall–Kier alpha value is -1.03. The van der Waals surface area contributed by atoms with Gasteiger partial charge in [-0.25, -0.2) is 4.98 Å². The highest BCUT2D eigenvalue weighted by molar-refractivity contribution is 5.29. The van der Waals surface area contributed by atoms with E-state index in [1.165, 1.54) is 0 Å². The number of nitrogens with two attached hydrogens (primary N) is 1. The predicted octanol–water partition coefficient (Wildman–Crippen LogP) is 0.688. The van der Waals surface area contributed by atoms with Gasteiger partial charge in [-0.1, -0.05) is 6.92 Å². The molecule has 0 aliphatic rings. The molecule has 13 heavy (non-hydrogen) atoms. The Balaban J connectivity index is 2.68. The van der Waals surface area contributed by atoms with E-state index in [-0.39, 0.29) is 0 Å². The molecular formula is C9H18N4. The molecule has 2 N–H and O–H groups in total. The lowest BCUT2D eigenvalue weighted by atomic mass is 10.5. The quantitative estimate of drug-likeness (QED) is 0.728. The Morgan fingerprint density at radius 2 is 2.38 bits per heavy atom. The maximum absolute atomic E-state index is 5.48. The Kier molecular flexibility index (Phi) is 3.76. The van der Waals surface area contributed by atoms with Crippen molar-refractivity contribution < 1.29 is 0 Å². The van der Waals surface area contributed by atoms with Crippen molar-refractivity contribution in [1.82, 2.24) is 9.55 Å². The van der Waals surface area contributed by atoms with Crippen LogP contribution in [0.25, 0.3) is 0 Å². The Morgan fingerprint density at radius 1 is 1.62 bits per heavy atom. The predicted molar refractivity (Wildman–Crippen MR) is 54.8 cm³/mol. The van der Waals surface area contributed by atoms with Crippen LogP contribution >= 0.6 is 0 Å². The molecule has 0 amide bonds. The zero-order valence-corrected chi connectivity index (χ0v) is 8.40. The van der Waals surface area contributed by atoms with Crippen LogP contribution in [0.1, 0.15) is 13.3 Å². The summed E-state index contributed by atoms with van der Waals surface area (Å²) in [6, 6.07) is 0. The first-order chi connectivity index (χ1) is 6.29. The van der Waals surface area contributed by atoms with Crippen LogP contribution < -0.4 is 10.6 Å². The first-order valence-corrected chi connectivity index (χ1v) is 4.72. The van der Waals surface area contributed by atoms with Crippen LogP contribution in [0, 0.1) is 0 Å². The summed E-state index contributed by atoms with van der Waals surface area (Å²) in [5.74, 6) is 1.01. The molecule has 0 aromatic carbocycles. The molecule has 0 spiro atoms.